The molecule has 0 amide bonds. The quantitative estimate of drug-likeness (QED) is 0.182. The number of hydrogen-bond acceptors (Lipinski definition) is 4. The maximum atomic E-state index is 5.79. The lowest BCUT2D eigenvalue weighted by molar-refractivity contribution is 0.0170. The van der Waals surface area contributed by atoms with Crippen molar-refractivity contribution in [3.63, 3.8) is 0 Å². The third-order valence-electron chi connectivity index (χ3n) is 4.23. The van der Waals surface area contributed by atoms with Crippen molar-refractivity contribution >= 4 is 29.9 Å². The van der Waals surface area contributed by atoms with E-state index in [4.69, 9.17) is 14.2 Å². The molecule has 2 N–H and O–H groups in total. The first-order valence-corrected chi connectivity index (χ1v) is 10.0. The van der Waals surface area contributed by atoms with E-state index >= 15 is 0 Å². The number of nitrogens with zero attached hydrogens (tertiary/aromatic N) is 1. The van der Waals surface area contributed by atoms with Gasteiger partial charge >= 0.3 is 0 Å². The van der Waals surface area contributed by atoms with Crippen molar-refractivity contribution in [3.05, 3.63) is 0 Å². The normalized spacial score (nSPS) is 18.7. The van der Waals surface area contributed by atoms with Crippen molar-refractivity contribution in [2.75, 3.05) is 46.1 Å². The lowest BCUT2D eigenvalue weighted by Gasteiger charge is -2.21. The topological polar surface area (TPSA) is 64.1 Å². The third kappa shape index (κ3) is 12.3. The summed E-state index contributed by atoms with van der Waals surface area (Å²) < 4.78 is 17.0. The van der Waals surface area contributed by atoms with Gasteiger partial charge in [0.2, 0.25) is 0 Å². The number of nitrogens with one attached hydrogen (secondary N) is 2. The predicted octanol–water partition coefficient (Wildman–Crippen LogP) is 3.20. The van der Waals surface area contributed by atoms with E-state index in [-0.39, 0.29) is 24.0 Å². The Balaban J connectivity index is 0.00000625. The van der Waals surface area contributed by atoms with Gasteiger partial charge in [0.25, 0.3) is 0 Å². The molecular formula is C19H40IN3O3. The van der Waals surface area contributed by atoms with Crippen molar-refractivity contribution < 1.29 is 14.2 Å². The summed E-state index contributed by atoms with van der Waals surface area (Å²) in [5, 5.41) is 6.69. The van der Waals surface area contributed by atoms with E-state index in [0.717, 1.165) is 77.7 Å². The van der Waals surface area contributed by atoms with Gasteiger partial charge in [0, 0.05) is 39.5 Å². The van der Waals surface area contributed by atoms with Crippen molar-refractivity contribution in [3.8, 4) is 0 Å². The van der Waals surface area contributed by atoms with Gasteiger partial charge in [-0.1, -0.05) is 13.8 Å². The zero-order valence-corrected chi connectivity index (χ0v) is 19.4. The molecule has 1 aliphatic rings. The van der Waals surface area contributed by atoms with Crippen LogP contribution in [0.3, 0.4) is 0 Å². The number of hydrogen-bond donors (Lipinski definition) is 2. The Kier molecular flexibility index (Phi) is 16.9. The third-order valence-corrected chi connectivity index (χ3v) is 4.23. The van der Waals surface area contributed by atoms with Gasteiger partial charge in [-0.3, -0.25) is 4.99 Å². The van der Waals surface area contributed by atoms with Crippen LogP contribution in [0.5, 0.6) is 0 Å². The average molecular weight is 485 g/mol. The highest BCUT2D eigenvalue weighted by Gasteiger charge is 2.15. The smallest absolute Gasteiger partial charge is 0.191 e. The Morgan fingerprint density at radius 1 is 1.27 bits per heavy atom. The number of aliphatic imine (C=N–C) groups is 1. The predicted molar refractivity (Wildman–Crippen MR) is 119 cm³/mol. The highest BCUT2D eigenvalue weighted by atomic mass is 127. The van der Waals surface area contributed by atoms with Gasteiger partial charge in [-0.05, 0) is 45.4 Å². The van der Waals surface area contributed by atoms with Crippen molar-refractivity contribution in [1.82, 2.24) is 10.6 Å². The van der Waals surface area contributed by atoms with Crippen LogP contribution in [0.15, 0.2) is 4.99 Å². The van der Waals surface area contributed by atoms with Gasteiger partial charge in [0.05, 0.1) is 18.8 Å². The monoisotopic (exact) mass is 485 g/mol. The molecule has 0 saturated carbocycles. The highest BCUT2D eigenvalue weighted by Crippen LogP contribution is 2.12. The minimum Gasteiger partial charge on any atom is -0.379 e. The Labute approximate surface area is 177 Å². The Hall–Kier alpha value is -0.120. The van der Waals surface area contributed by atoms with Crippen LogP contribution in [-0.4, -0.2) is 64.2 Å². The maximum Gasteiger partial charge on any atom is 0.191 e. The molecule has 1 fully saturated rings. The molecule has 1 rings (SSSR count). The van der Waals surface area contributed by atoms with E-state index in [1.54, 1.807) is 0 Å². The molecule has 156 valence electrons. The molecule has 7 heteroatoms. The Bertz CT molecular complexity index is 351. The molecule has 6 nitrogen and oxygen atoms in total. The minimum absolute atomic E-state index is 0. The molecule has 26 heavy (non-hydrogen) atoms. The second-order valence-corrected chi connectivity index (χ2v) is 6.78. The molecular weight excluding hydrogens is 445 g/mol. The summed E-state index contributed by atoms with van der Waals surface area (Å²) >= 11 is 0. The van der Waals surface area contributed by atoms with Crippen LogP contribution in [0, 0.1) is 5.92 Å². The molecule has 0 spiro atoms. The van der Waals surface area contributed by atoms with Crippen LogP contribution >= 0.6 is 24.0 Å². The van der Waals surface area contributed by atoms with Gasteiger partial charge in [0.15, 0.2) is 5.96 Å². The fourth-order valence-corrected chi connectivity index (χ4v) is 2.85. The van der Waals surface area contributed by atoms with E-state index < -0.39 is 0 Å². The largest absolute Gasteiger partial charge is 0.379 e. The van der Waals surface area contributed by atoms with Crippen LogP contribution in [-0.2, 0) is 14.2 Å². The van der Waals surface area contributed by atoms with Crippen molar-refractivity contribution in [2.24, 2.45) is 10.9 Å². The lowest BCUT2D eigenvalue weighted by atomic mass is 10.0. The molecule has 0 aliphatic carbocycles. The van der Waals surface area contributed by atoms with E-state index in [2.05, 4.69) is 43.3 Å². The van der Waals surface area contributed by atoms with Crippen LogP contribution < -0.4 is 10.6 Å². The molecule has 2 unspecified atom stereocenters. The summed E-state index contributed by atoms with van der Waals surface area (Å²) in [5.41, 5.74) is 0. The summed E-state index contributed by atoms with van der Waals surface area (Å²) in [6, 6.07) is 0. The first-order valence-electron chi connectivity index (χ1n) is 10.0. The van der Waals surface area contributed by atoms with Crippen LogP contribution in [0.1, 0.15) is 53.4 Å². The molecule has 0 aromatic carbocycles. The van der Waals surface area contributed by atoms with E-state index in [1.165, 1.54) is 0 Å². The summed E-state index contributed by atoms with van der Waals surface area (Å²) in [4.78, 5) is 4.61. The fourth-order valence-electron chi connectivity index (χ4n) is 2.85. The molecule has 0 radical (unpaired) electrons. The lowest BCUT2D eigenvalue weighted by Crippen LogP contribution is -2.39. The van der Waals surface area contributed by atoms with E-state index in [1.807, 2.05) is 0 Å². The molecule has 2 atom stereocenters. The van der Waals surface area contributed by atoms with Crippen LogP contribution in [0.4, 0.5) is 0 Å². The molecule has 1 saturated heterocycles. The number of rotatable bonds is 13. The number of guanidine groups is 1. The molecule has 0 aromatic heterocycles. The van der Waals surface area contributed by atoms with Gasteiger partial charge in [-0.15, -0.1) is 24.0 Å². The SMILES string of the molecule is CCNC(=NCCCOCC1CCCO1)NCCC(OCC)C(C)C.I. The first-order chi connectivity index (χ1) is 12.2. The zero-order chi connectivity index (χ0) is 18.3. The highest BCUT2D eigenvalue weighted by molar-refractivity contribution is 14.0. The Morgan fingerprint density at radius 3 is 2.69 bits per heavy atom. The summed E-state index contributed by atoms with van der Waals surface area (Å²) in [5.74, 6) is 1.41. The average Bonchev–Trinajstić information content (AvgIpc) is 3.10. The summed E-state index contributed by atoms with van der Waals surface area (Å²) in [6.07, 6.45) is 4.81. The van der Waals surface area contributed by atoms with Crippen molar-refractivity contribution in [1.29, 1.82) is 0 Å². The fraction of sp³-hybridized carbons (Fsp3) is 0.947. The minimum atomic E-state index is 0. The molecule has 0 bridgehead atoms. The van der Waals surface area contributed by atoms with Crippen LogP contribution in [0.2, 0.25) is 0 Å². The summed E-state index contributed by atoms with van der Waals surface area (Å²) in [6.45, 7) is 14.1. The van der Waals surface area contributed by atoms with Gasteiger partial charge in [-0.25, -0.2) is 0 Å². The molecule has 0 aromatic rings. The van der Waals surface area contributed by atoms with E-state index in [0.29, 0.717) is 18.1 Å². The van der Waals surface area contributed by atoms with Gasteiger partial charge < -0.3 is 24.8 Å². The van der Waals surface area contributed by atoms with E-state index in [9.17, 15) is 0 Å². The summed E-state index contributed by atoms with van der Waals surface area (Å²) in [7, 11) is 0. The van der Waals surface area contributed by atoms with Crippen molar-refractivity contribution in [2.45, 2.75) is 65.6 Å². The standard InChI is InChI=1S/C19H39N3O3.HI/c1-5-20-19(22-12-10-18(16(3)4)24-6-2)21-11-8-13-23-15-17-9-7-14-25-17;/h16-18H,5-15H2,1-4H3,(H2,20,21,22);1H. The zero-order valence-electron chi connectivity index (χ0n) is 17.1. The molecule has 1 heterocycles. The van der Waals surface area contributed by atoms with Crippen LogP contribution in [0.25, 0.3) is 0 Å². The van der Waals surface area contributed by atoms with Gasteiger partial charge in [-0.2, -0.15) is 0 Å². The maximum absolute atomic E-state index is 5.79. The first kappa shape index (κ1) is 25.9. The second kappa shape index (κ2) is 17.0. The number of ether oxygens (including phenoxy) is 3. The van der Waals surface area contributed by atoms with Gasteiger partial charge in [0.1, 0.15) is 0 Å². The second-order valence-electron chi connectivity index (χ2n) is 6.78. The Morgan fingerprint density at radius 2 is 2.08 bits per heavy atom. The number of halogens is 1. The molecule has 1 aliphatic heterocycles.